The van der Waals surface area contributed by atoms with Gasteiger partial charge < -0.3 is 79.1 Å². The lowest BCUT2D eigenvalue weighted by Gasteiger charge is -2.15. The van der Waals surface area contributed by atoms with Crippen LogP contribution in [0.1, 0.15) is 158 Å². The summed E-state index contributed by atoms with van der Waals surface area (Å²) in [7, 11) is 0. The van der Waals surface area contributed by atoms with E-state index < -0.39 is 0 Å². The molecule has 0 unspecified atom stereocenters. The first-order valence-corrected chi connectivity index (χ1v) is 30.2. The Bertz CT molecular complexity index is 2650. The highest BCUT2D eigenvalue weighted by Crippen LogP contribution is 2.53. The number of aromatic nitrogens is 4. The third kappa shape index (κ3) is 12.6. The highest BCUT2D eigenvalue weighted by atomic mass is 16.5. The fraction of sp³-hybridized carbons (Fsp3) is 0.500. The lowest BCUT2D eigenvalue weighted by atomic mass is 10.1. The molecule has 0 saturated carbocycles. The Morgan fingerprint density at radius 3 is 0.450 bits per heavy atom. The van der Waals surface area contributed by atoms with Gasteiger partial charge in [-0.2, -0.15) is 0 Å². The number of ether oxygens (including phenoxy) is 8. The van der Waals surface area contributed by atoms with Crippen LogP contribution in [-0.2, 0) is 0 Å². The Morgan fingerprint density at radius 1 is 0.212 bits per heavy atom. The number of unbranched alkanes of at least 4 members (excludes halogenated alkanes) is 8. The molecule has 1 aliphatic rings. The van der Waals surface area contributed by atoms with Crippen molar-refractivity contribution in [2.45, 2.75) is 158 Å². The Balaban J connectivity index is 1.40. The SMILES string of the molecule is CCCCOc1ccc(OCCCC)c2c3[nH]c(c12)Nc1[nH]c(c2c(OCCCC)ccc(OCCCC)c12)Nc1[nH]c(c2c(OCCCC)ccc(OCCCC)c12)Nc1[nH]c(c2c(OCCCC)ccc(OCCCC)c12)N3. The van der Waals surface area contributed by atoms with E-state index in [2.05, 4.69) is 96.6 Å². The molecule has 80 heavy (non-hydrogen) atoms. The molecule has 9 rings (SSSR count). The standard InChI is InChI=1S/C64H88N8O8/c1-9-17-33-73-41-25-26-42(74-34-18-10-2)50-49(41)57-65-58(50)70-60-53-45(77-37-21-13-5)29-30-46(78-38-22-14-6)54(53)62(67-60)72-64-56-48(80-40-24-16-8)32-31-47(79-39-23-15-7)55(56)63(68-64)71-61-52-44(76-36-20-12-4)28-27-43(75-35-19-11-3)51(52)59(66-61)69-57/h25-32,65-72H,9-24,33-40H2,1-8H3. The van der Waals surface area contributed by atoms with E-state index in [0.717, 1.165) is 146 Å². The van der Waals surface area contributed by atoms with Crippen LogP contribution < -0.4 is 59.2 Å². The molecule has 16 heteroatoms. The smallest absolute Gasteiger partial charge is 0.131 e. The number of hydrogen-bond donors (Lipinski definition) is 8. The third-order valence-electron chi connectivity index (χ3n) is 14.6. The molecule has 1 aliphatic heterocycles. The lowest BCUT2D eigenvalue weighted by molar-refractivity contribution is 0.306. The quantitative estimate of drug-likeness (QED) is 0.0187. The first kappa shape index (κ1) is 57.3. The summed E-state index contributed by atoms with van der Waals surface area (Å²) in [5.41, 5.74) is 0. The fourth-order valence-electron chi connectivity index (χ4n) is 10.1. The van der Waals surface area contributed by atoms with Crippen LogP contribution in [0.4, 0.5) is 46.5 Å². The highest BCUT2D eigenvalue weighted by Gasteiger charge is 2.30. The van der Waals surface area contributed by atoms with Crippen molar-refractivity contribution in [1.29, 1.82) is 0 Å². The van der Waals surface area contributed by atoms with Crippen LogP contribution in [-0.4, -0.2) is 72.8 Å². The number of fused-ring (bicyclic) bond motifs is 20. The Morgan fingerprint density at radius 2 is 0.338 bits per heavy atom. The van der Waals surface area contributed by atoms with Crippen LogP contribution in [0.15, 0.2) is 48.5 Å². The molecule has 432 valence electrons. The molecule has 8 bridgehead atoms. The van der Waals surface area contributed by atoms with Crippen molar-refractivity contribution in [3.05, 3.63) is 48.5 Å². The first-order valence-electron chi connectivity index (χ1n) is 30.2. The Labute approximate surface area is 472 Å². The zero-order chi connectivity index (χ0) is 55.8. The van der Waals surface area contributed by atoms with Gasteiger partial charge in [-0.3, -0.25) is 0 Å². The minimum Gasteiger partial charge on any atom is -0.493 e. The molecule has 0 atom stereocenters. The zero-order valence-electron chi connectivity index (χ0n) is 48.9. The van der Waals surface area contributed by atoms with E-state index >= 15 is 0 Å². The Hall–Kier alpha value is -7.36. The maximum atomic E-state index is 6.77. The number of hydrogen-bond acceptors (Lipinski definition) is 12. The van der Waals surface area contributed by atoms with E-state index in [1.807, 2.05) is 48.5 Å². The number of rotatable bonds is 32. The van der Waals surface area contributed by atoms with Crippen molar-refractivity contribution in [1.82, 2.24) is 19.9 Å². The summed E-state index contributed by atoms with van der Waals surface area (Å²) in [5, 5.41) is 22.3. The molecule has 0 amide bonds. The predicted octanol–water partition coefficient (Wildman–Crippen LogP) is 18.3. The number of H-pyrrole nitrogens is 4. The second-order valence-electron chi connectivity index (χ2n) is 20.9. The van der Waals surface area contributed by atoms with E-state index in [1.54, 1.807) is 0 Å². The largest absolute Gasteiger partial charge is 0.493 e. The van der Waals surface area contributed by atoms with Gasteiger partial charge in [0.2, 0.25) is 0 Å². The maximum Gasteiger partial charge on any atom is 0.131 e. The summed E-state index contributed by atoms with van der Waals surface area (Å²) in [4.78, 5) is 15.4. The normalized spacial score (nSPS) is 12.1. The van der Waals surface area contributed by atoms with Gasteiger partial charge in [-0.05, 0) is 99.9 Å². The molecular formula is C64H88N8O8. The van der Waals surface area contributed by atoms with Crippen LogP contribution in [0.5, 0.6) is 46.0 Å². The second kappa shape index (κ2) is 28.2. The summed E-state index contributed by atoms with van der Waals surface area (Å²) in [6.45, 7) is 21.7. The maximum absolute atomic E-state index is 6.77. The molecule has 0 saturated heterocycles. The topological polar surface area (TPSA) is 185 Å². The van der Waals surface area contributed by atoms with Crippen LogP contribution in [0, 0.1) is 0 Å². The predicted molar refractivity (Wildman–Crippen MR) is 330 cm³/mol. The van der Waals surface area contributed by atoms with Crippen LogP contribution in [0.2, 0.25) is 0 Å². The molecule has 0 spiro atoms. The van der Waals surface area contributed by atoms with Gasteiger partial charge in [0.05, 0.1) is 95.9 Å². The summed E-state index contributed by atoms with van der Waals surface area (Å²) in [6.07, 6.45) is 15.0. The lowest BCUT2D eigenvalue weighted by Crippen LogP contribution is -2.02. The van der Waals surface area contributed by atoms with Gasteiger partial charge >= 0.3 is 0 Å². The molecule has 0 aliphatic carbocycles. The van der Waals surface area contributed by atoms with Crippen molar-refractivity contribution in [2.24, 2.45) is 0 Å². The number of aromatic amines is 4. The number of benzene rings is 4. The van der Waals surface area contributed by atoms with Gasteiger partial charge in [-0.1, -0.05) is 107 Å². The fourth-order valence-corrected chi connectivity index (χ4v) is 10.1. The molecule has 0 radical (unpaired) electrons. The zero-order valence-corrected chi connectivity index (χ0v) is 48.9. The highest BCUT2D eigenvalue weighted by molar-refractivity contribution is 6.18. The number of anilines is 8. The summed E-state index contributed by atoms with van der Waals surface area (Å²) in [5.74, 6) is 11.1. The molecule has 0 fully saturated rings. The van der Waals surface area contributed by atoms with E-state index in [4.69, 9.17) is 37.9 Å². The van der Waals surface area contributed by atoms with Gasteiger partial charge in [-0.25, -0.2) is 0 Å². The van der Waals surface area contributed by atoms with E-state index in [-0.39, 0.29) is 0 Å². The van der Waals surface area contributed by atoms with Gasteiger partial charge in [0, 0.05) is 0 Å². The van der Waals surface area contributed by atoms with Crippen LogP contribution >= 0.6 is 0 Å². The van der Waals surface area contributed by atoms with Crippen molar-refractivity contribution >= 4 is 89.6 Å². The molecule has 8 aromatic rings. The van der Waals surface area contributed by atoms with Crippen molar-refractivity contribution in [3.63, 3.8) is 0 Å². The molecule has 4 aromatic carbocycles. The van der Waals surface area contributed by atoms with E-state index in [0.29, 0.717) is 145 Å². The minimum absolute atomic E-state index is 0.541. The average Bonchev–Trinajstić information content (AvgIpc) is 4.39. The average molecular weight is 1100 g/mol. The number of nitrogens with one attached hydrogen (secondary N) is 8. The van der Waals surface area contributed by atoms with Crippen molar-refractivity contribution in [3.8, 4) is 46.0 Å². The first-order chi connectivity index (χ1) is 39.4. The molecule has 5 heterocycles. The molecule has 16 nitrogen and oxygen atoms in total. The van der Waals surface area contributed by atoms with Gasteiger partial charge in [-0.15, -0.1) is 0 Å². The molecule has 8 N–H and O–H groups in total. The molecular weight excluding hydrogens is 1010 g/mol. The van der Waals surface area contributed by atoms with Crippen LogP contribution in [0.25, 0.3) is 43.1 Å². The van der Waals surface area contributed by atoms with Crippen LogP contribution in [0.3, 0.4) is 0 Å². The molecule has 4 aromatic heterocycles. The van der Waals surface area contributed by atoms with Gasteiger partial charge in [0.25, 0.3) is 0 Å². The minimum atomic E-state index is 0.541. The summed E-state index contributed by atoms with van der Waals surface area (Å²) < 4.78 is 54.1. The van der Waals surface area contributed by atoms with E-state index in [9.17, 15) is 0 Å². The summed E-state index contributed by atoms with van der Waals surface area (Å²) in [6, 6.07) is 16.2. The van der Waals surface area contributed by atoms with Gasteiger partial charge in [0.15, 0.2) is 0 Å². The van der Waals surface area contributed by atoms with E-state index in [1.165, 1.54) is 0 Å². The third-order valence-corrected chi connectivity index (χ3v) is 14.6. The summed E-state index contributed by atoms with van der Waals surface area (Å²) >= 11 is 0. The second-order valence-corrected chi connectivity index (χ2v) is 20.9. The monoisotopic (exact) mass is 1100 g/mol. The van der Waals surface area contributed by atoms with Crippen molar-refractivity contribution < 1.29 is 37.9 Å². The van der Waals surface area contributed by atoms with Crippen molar-refractivity contribution in [2.75, 3.05) is 74.1 Å². The van der Waals surface area contributed by atoms with Gasteiger partial charge in [0.1, 0.15) is 92.5 Å². The Kier molecular flexibility index (Phi) is 20.2.